The van der Waals surface area contributed by atoms with Gasteiger partial charge in [-0.2, -0.15) is 13.2 Å². The van der Waals surface area contributed by atoms with Crippen molar-refractivity contribution in [2.75, 3.05) is 13.1 Å². The number of rotatable bonds is 7. The lowest BCUT2D eigenvalue weighted by atomic mass is 10.0. The molecule has 218 valence electrons. The number of fused-ring (bicyclic) bond motifs is 1. The normalized spacial score (nSPS) is 18.9. The first kappa shape index (κ1) is 29.3. The van der Waals surface area contributed by atoms with Crippen LogP contribution in [0.4, 0.5) is 26.3 Å². The number of alkyl halides is 3. The van der Waals surface area contributed by atoms with Crippen LogP contribution in [-0.4, -0.2) is 73.5 Å². The van der Waals surface area contributed by atoms with Crippen LogP contribution in [0.15, 0.2) is 12.1 Å². The summed E-state index contributed by atoms with van der Waals surface area (Å²) in [7, 11) is 0. The first-order valence-corrected chi connectivity index (χ1v) is 12.5. The number of nitrogens with two attached hydrogens (primary N) is 1. The average molecular weight is 576 g/mol. The van der Waals surface area contributed by atoms with E-state index in [0.717, 1.165) is 4.57 Å². The van der Waals surface area contributed by atoms with Gasteiger partial charge in [-0.15, -0.1) is 10.2 Å². The van der Waals surface area contributed by atoms with E-state index in [1.54, 1.807) is 0 Å². The molecular weight excluding hydrogens is 548 g/mol. The highest BCUT2D eigenvalue weighted by Crippen LogP contribution is 2.29. The maximum Gasteiger partial charge on any atom is 0.451 e. The Labute approximate surface area is 224 Å². The zero-order valence-electron chi connectivity index (χ0n) is 21.3. The minimum absolute atomic E-state index is 0.0878. The van der Waals surface area contributed by atoms with Gasteiger partial charge < -0.3 is 25.4 Å². The van der Waals surface area contributed by atoms with Crippen molar-refractivity contribution >= 4 is 17.7 Å². The van der Waals surface area contributed by atoms with Crippen molar-refractivity contribution in [3.8, 4) is 0 Å². The van der Waals surface area contributed by atoms with Crippen LogP contribution < -0.4 is 11.1 Å². The fraction of sp³-hybridized carbons (Fsp3) is 0.542. The van der Waals surface area contributed by atoms with Gasteiger partial charge in [-0.3, -0.25) is 14.4 Å². The van der Waals surface area contributed by atoms with Crippen LogP contribution in [0, 0.1) is 17.5 Å². The number of likely N-dealkylation sites (tertiary alicyclic amines) is 1. The molecule has 0 saturated carbocycles. The summed E-state index contributed by atoms with van der Waals surface area (Å²) in [5.41, 5.74) is 5.37. The van der Waals surface area contributed by atoms with Gasteiger partial charge in [-0.05, 0) is 37.8 Å². The number of benzene rings is 1. The number of nitrogens with one attached hydrogen (secondary N) is 1. The van der Waals surface area contributed by atoms with Crippen molar-refractivity contribution < 1.29 is 40.7 Å². The molecule has 3 amide bonds. The standard InChI is InChI=1S/C24H27F6N7O3/c1-12(31)22(40)36-4-2-3-18(36)21(39)32-14(7-13-8-16(26)17(27)10-15(13)25)9-20(38)35-5-6-37-19(11-35)33-34-23(37)24(28,29)30/h8,10,12,14,18H,2-7,9,11,31H2,1H3,(H,32,39)/t12?,14-,18?/m1/s1. The van der Waals surface area contributed by atoms with Crippen LogP contribution >= 0.6 is 0 Å². The Balaban J connectivity index is 1.52. The molecule has 2 aliphatic rings. The molecule has 40 heavy (non-hydrogen) atoms. The van der Waals surface area contributed by atoms with Crippen molar-refractivity contribution in [3.63, 3.8) is 0 Å². The summed E-state index contributed by atoms with van der Waals surface area (Å²) in [5.74, 6) is -6.80. The van der Waals surface area contributed by atoms with Crippen LogP contribution in [0.1, 0.15) is 43.4 Å². The third-order valence-corrected chi connectivity index (χ3v) is 6.91. The minimum Gasteiger partial charge on any atom is -0.351 e. The van der Waals surface area contributed by atoms with Crippen LogP contribution in [0.3, 0.4) is 0 Å². The van der Waals surface area contributed by atoms with Crippen molar-refractivity contribution in [2.45, 2.75) is 70.0 Å². The number of carbonyl (C=O) groups is 3. The lowest BCUT2D eigenvalue weighted by molar-refractivity contribution is -0.148. The van der Waals surface area contributed by atoms with E-state index in [-0.39, 0.29) is 37.6 Å². The van der Waals surface area contributed by atoms with E-state index >= 15 is 0 Å². The molecule has 3 N–H and O–H groups in total. The molecule has 2 aromatic rings. The fourth-order valence-corrected chi connectivity index (χ4v) is 4.94. The number of carbonyl (C=O) groups excluding carboxylic acids is 3. The molecule has 0 aliphatic carbocycles. The Morgan fingerprint density at radius 1 is 1.07 bits per heavy atom. The van der Waals surface area contributed by atoms with Gasteiger partial charge in [0.1, 0.15) is 11.9 Å². The highest BCUT2D eigenvalue weighted by atomic mass is 19.4. The second kappa shape index (κ2) is 11.4. The van der Waals surface area contributed by atoms with Crippen molar-refractivity contribution in [2.24, 2.45) is 5.73 Å². The third kappa shape index (κ3) is 6.21. The summed E-state index contributed by atoms with van der Waals surface area (Å²) < 4.78 is 82.1. The largest absolute Gasteiger partial charge is 0.451 e. The van der Waals surface area contributed by atoms with Gasteiger partial charge in [-0.1, -0.05) is 0 Å². The zero-order valence-corrected chi connectivity index (χ0v) is 21.3. The van der Waals surface area contributed by atoms with E-state index < -0.39 is 78.1 Å². The minimum atomic E-state index is -4.72. The van der Waals surface area contributed by atoms with Crippen LogP contribution in [-0.2, 0) is 40.1 Å². The average Bonchev–Trinajstić information content (AvgIpc) is 3.53. The predicted octanol–water partition coefficient (Wildman–Crippen LogP) is 1.51. The topological polar surface area (TPSA) is 126 Å². The quantitative estimate of drug-likeness (QED) is 0.381. The van der Waals surface area contributed by atoms with Crippen LogP contribution in [0.2, 0.25) is 0 Å². The van der Waals surface area contributed by atoms with Crippen LogP contribution in [0.5, 0.6) is 0 Å². The van der Waals surface area contributed by atoms with Gasteiger partial charge in [-0.25, -0.2) is 13.2 Å². The monoisotopic (exact) mass is 575 g/mol. The predicted molar refractivity (Wildman–Crippen MR) is 125 cm³/mol. The highest BCUT2D eigenvalue weighted by molar-refractivity contribution is 5.90. The Hall–Kier alpha value is -3.69. The van der Waals surface area contributed by atoms with E-state index in [4.69, 9.17) is 5.73 Å². The first-order chi connectivity index (χ1) is 18.8. The maximum atomic E-state index is 14.5. The first-order valence-electron chi connectivity index (χ1n) is 12.5. The molecular formula is C24H27F6N7O3. The lowest BCUT2D eigenvalue weighted by Crippen LogP contribution is -2.53. The summed E-state index contributed by atoms with van der Waals surface area (Å²) in [5, 5.41) is 9.31. The summed E-state index contributed by atoms with van der Waals surface area (Å²) >= 11 is 0. The SMILES string of the molecule is CC(N)C(=O)N1CCCC1C(=O)N[C@@H](CC(=O)N1CCn2c(nnc2C(F)(F)F)C1)Cc1cc(F)c(F)cc1F. The van der Waals surface area contributed by atoms with E-state index in [2.05, 4.69) is 15.5 Å². The lowest BCUT2D eigenvalue weighted by Gasteiger charge is -2.31. The summed E-state index contributed by atoms with van der Waals surface area (Å²) in [6.07, 6.45) is -4.74. The molecule has 0 bridgehead atoms. The molecule has 4 rings (SSSR count). The molecule has 0 radical (unpaired) electrons. The Kier molecular flexibility index (Phi) is 8.37. The summed E-state index contributed by atoms with van der Waals surface area (Å²) in [4.78, 5) is 41.3. The molecule has 10 nitrogen and oxygen atoms in total. The second-order valence-corrected chi connectivity index (χ2v) is 9.85. The smallest absolute Gasteiger partial charge is 0.351 e. The number of hydrogen-bond donors (Lipinski definition) is 2. The third-order valence-electron chi connectivity index (χ3n) is 6.91. The van der Waals surface area contributed by atoms with E-state index in [0.29, 0.717) is 25.0 Å². The molecule has 3 heterocycles. The number of nitrogens with zero attached hydrogens (tertiary/aromatic N) is 5. The molecule has 3 atom stereocenters. The van der Waals surface area contributed by atoms with Gasteiger partial charge in [0.05, 0.1) is 12.6 Å². The molecule has 0 spiro atoms. The molecule has 1 saturated heterocycles. The number of hydrogen-bond acceptors (Lipinski definition) is 6. The Bertz CT molecular complexity index is 1300. The molecule has 1 aromatic carbocycles. The highest BCUT2D eigenvalue weighted by Gasteiger charge is 2.40. The maximum absolute atomic E-state index is 14.5. The Morgan fingerprint density at radius 3 is 2.45 bits per heavy atom. The summed E-state index contributed by atoms with van der Waals surface area (Å²) in [6.45, 7) is 1.12. The fourth-order valence-electron chi connectivity index (χ4n) is 4.94. The number of amides is 3. The molecule has 2 unspecified atom stereocenters. The van der Waals surface area contributed by atoms with Crippen molar-refractivity contribution in [1.82, 2.24) is 29.9 Å². The molecule has 2 aliphatic heterocycles. The van der Waals surface area contributed by atoms with Crippen LogP contribution in [0.25, 0.3) is 0 Å². The van der Waals surface area contributed by atoms with Gasteiger partial charge in [0, 0.05) is 38.2 Å². The van der Waals surface area contributed by atoms with E-state index in [1.165, 1.54) is 16.7 Å². The van der Waals surface area contributed by atoms with Crippen molar-refractivity contribution in [1.29, 1.82) is 0 Å². The van der Waals surface area contributed by atoms with Gasteiger partial charge in [0.15, 0.2) is 17.5 Å². The van der Waals surface area contributed by atoms with Crippen molar-refractivity contribution in [3.05, 3.63) is 46.8 Å². The van der Waals surface area contributed by atoms with E-state index in [9.17, 15) is 40.7 Å². The Morgan fingerprint density at radius 2 is 1.77 bits per heavy atom. The number of aromatic nitrogens is 3. The van der Waals surface area contributed by atoms with Gasteiger partial charge in [0.2, 0.25) is 23.5 Å². The zero-order chi connectivity index (χ0) is 29.4. The van der Waals surface area contributed by atoms with Gasteiger partial charge in [0.25, 0.3) is 0 Å². The summed E-state index contributed by atoms with van der Waals surface area (Å²) in [6, 6.07) is -1.92. The second-order valence-electron chi connectivity index (χ2n) is 9.85. The molecule has 16 heteroatoms. The number of halogens is 6. The molecule has 1 fully saturated rings. The molecule has 1 aromatic heterocycles. The van der Waals surface area contributed by atoms with Gasteiger partial charge >= 0.3 is 6.18 Å². The van der Waals surface area contributed by atoms with E-state index in [1.807, 2.05) is 0 Å².